The summed E-state index contributed by atoms with van der Waals surface area (Å²) in [4.78, 5) is 9.54. The summed E-state index contributed by atoms with van der Waals surface area (Å²) < 4.78 is 0. The maximum atomic E-state index is 4.31. The Morgan fingerprint density at radius 1 is 0.962 bits per heavy atom. The van der Waals surface area contributed by atoms with Crippen molar-refractivity contribution in [1.82, 2.24) is 15.5 Å². The van der Waals surface area contributed by atoms with Crippen LogP contribution in [0.15, 0.2) is 41.4 Å². The molecule has 2 aromatic rings. The molecule has 1 saturated heterocycles. The standard InChI is InChI=1S/C21H30N4S/c1-17-6-11-20(26-17)15-24-21(22-2)23-14-18-7-9-19(10-8-18)16-25-12-4-3-5-13-25/h6-11H,3-5,12-16H2,1-2H3,(H2,22,23,24). The number of aryl methyl sites for hydroxylation is 1. The number of piperidine rings is 1. The summed E-state index contributed by atoms with van der Waals surface area (Å²) in [5.74, 6) is 0.841. The predicted molar refractivity (Wildman–Crippen MR) is 112 cm³/mol. The summed E-state index contributed by atoms with van der Waals surface area (Å²) in [6.45, 7) is 7.30. The number of hydrogen-bond acceptors (Lipinski definition) is 3. The van der Waals surface area contributed by atoms with E-state index in [1.807, 2.05) is 18.4 Å². The summed E-state index contributed by atoms with van der Waals surface area (Å²) in [6, 6.07) is 13.3. The van der Waals surface area contributed by atoms with Crippen molar-refractivity contribution in [2.75, 3.05) is 20.1 Å². The van der Waals surface area contributed by atoms with Crippen LogP contribution >= 0.6 is 11.3 Å². The van der Waals surface area contributed by atoms with Gasteiger partial charge in [-0.25, -0.2) is 0 Å². The zero-order valence-electron chi connectivity index (χ0n) is 15.9. The minimum Gasteiger partial charge on any atom is -0.352 e. The summed E-state index contributed by atoms with van der Waals surface area (Å²) in [6.07, 6.45) is 4.08. The second-order valence-corrected chi connectivity index (χ2v) is 8.32. The van der Waals surface area contributed by atoms with Crippen LogP contribution in [-0.2, 0) is 19.6 Å². The maximum Gasteiger partial charge on any atom is 0.191 e. The van der Waals surface area contributed by atoms with E-state index in [1.165, 1.54) is 53.2 Å². The molecule has 140 valence electrons. The number of hydrogen-bond donors (Lipinski definition) is 2. The van der Waals surface area contributed by atoms with Crippen LogP contribution in [0.2, 0.25) is 0 Å². The highest BCUT2D eigenvalue weighted by Gasteiger charge is 2.10. The third-order valence-corrected chi connectivity index (χ3v) is 5.79. The number of guanidine groups is 1. The second-order valence-electron chi connectivity index (χ2n) is 6.94. The van der Waals surface area contributed by atoms with Crippen molar-refractivity contribution in [2.24, 2.45) is 4.99 Å². The summed E-state index contributed by atoms with van der Waals surface area (Å²) >= 11 is 1.82. The minimum absolute atomic E-state index is 0.785. The monoisotopic (exact) mass is 370 g/mol. The molecule has 0 unspecified atom stereocenters. The lowest BCUT2D eigenvalue weighted by atomic mass is 10.1. The largest absolute Gasteiger partial charge is 0.352 e. The molecule has 1 aliphatic heterocycles. The van der Waals surface area contributed by atoms with E-state index in [-0.39, 0.29) is 0 Å². The highest BCUT2D eigenvalue weighted by atomic mass is 32.1. The Labute approximate surface area is 161 Å². The van der Waals surface area contributed by atoms with E-state index >= 15 is 0 Å². The summed E-state index contributed by atoms with van der Waals surface area (Å²) in [5.41, 5.74) is 2.69. The first-order chi connectivity index (χ1) is 12.7. The topological polar surface area (TPSA) is 39.7 Å². The Morgan fingerprint density at radius 2 is 1.65 bits per heavy atom. The highest BCUT2D eigenvalue weighted by molar-refractivity contribution is 7.11. The van der Waals surface area contributed by atoms with Crippen molar-refractivity contribution in [3.8, 4) is 0 Å². The van der Waals surface area contributed by atoms with Gasteiger partial charge >= 0.3 is 0 Å². The van der Waals surface area contributed by atoms with Gasteiger partial charge in [0.1, 0.15) is 0 Å². The molecule has 3 rings (SSSR count). The molecule has 0 radical (unpaired) electrons. The van der Waals surface area contributed by atoms with Gasteiger partial charge in [-0.2, -0.15) is 0 Å². The van der Waals surface area contributed by atoms with E-state index in [9.17, 15) is 0 Å². The highest BCUT2D eigenvalue weighted by Crippen LogP contribution is 2.15. The third kappa shape index (κ3) is 5.85. The van der Waals surface area contributed by atoms with Crippen molar-refractivity contribution < 1.29 is 0 Å². The number of likely N-dealkylation sites (tertiary alicyclic amines) is 1. The molecule has 1 aromatic carbocycles. The van der Waals surface area contributed by atoms with Gasteiger partial charge in [0.2, 0.25) is 0 Å². The van der Waals surface area contributed by atoms with Crippen molar-refractivity contribution >= 4 is 17.3 Å². The fraction of sp³-hybridized carbons (Fsp3) is 0.476. The molecule has 0 spiro atoms. The van der Waals surface area contributed by atoms with Crippen LogP contribution in [0.5, 0.6) is 0 Å². The van der Waals surface area contributed by atoms with Crippen molar-refractivity contribution in [1.29, 1.82) is 0 Å². The molecular formula is C21H30N4S. The quantitative estimate of drug-likeness (QED) is 0.598. The lowest BCUT2D eigenvalue weighted by Gasteiger charge is -2.26. The minimum atomic E-state index is 0.785. The zero-order valence-corrected chi connectivity index (χ0v) is 16.7. The number of thiophene rings is 1. The van der Waals surface area contributed by atoms with Crippen LogP contribution in [0.3, 0.4) is 0 Å². The molecule has 0 saturated carbocycles. The van der Waals surface area contributed by atoms with E-state index < -0.39 is 0 Å². The predicted octanol–water partition coefficient (Wildman–Crippen LogP) is 3.91. The molecular weight excluding hydrogens is 340 g/mol. The molecule has 2 N–H and O–H groups in total. The first kappa shape index (κ1) is 18.9. The van der Waals surface area contributed by atoms with Gasteiger partial charge in [-0.1, -0.05) is 30.7 Å². The van der Waals surface area contributed by atoms with Gasteiger partial charge in [0, 0.05) is 29.9 Å². The van der Waals surface area contributed by atoms with E-state index in [0.29, 0.717) is 0 Å². The molecule has 26 heavy (non-hydrogen) atoms. The lowest BCUT2D eigenvalue weighted by Crippen LogP contribution is -2.36. The van der Waals surface area contributed by atoms with Gasteiger partial charge in [0.15, 0.2) is 5.96 Å². The summed E-state index contributed by atoms with van der Waals surface area (Å²) in [5, 5.41) is 6.77. The first-order valence-corrected chi connectivity index (χ1v) is 10.3. The smallest absolute Gasteiger partial charge is 0.191 e. The molecule has 5 heteroatoms. The Balaban J connectivity index is 1.44. The van der Waals surface area contributed by atoms with Crippen molar-refractivity contribution in [3.05, 3.63) is 57.3 Å². The SMILES string of the molecule is CN=C(NCc1ccc(CN2CCCCC2)cc1)NCc1ccc(C)s1. The number of rotatable bonds is 6. The van der Waals surface area contributed by atoms with Crippen molar-refractivity contribution in [2.45, 2.75) is 45.8 Å². The van der Waals surface area contributed by atoms with Crippen LogP contribution in [0.25, 0.3) is 0 Å². The molecule has 2 heterocycles. The molecule has 1 fully saturated rings. The Kier molecular flexibility index (Phi) is 7.09. The Morgan fingerprint density at radius 3 is 2.31 bits per heavy atom. The second kappa shape index (κ2) is 9.74. The summed E-state index contributed by atoms with van der Waals surface area (Å²) in [7, 11) is 1.82. The van der Waals surface area contributed by atoms with E-state index in [2.05, 4.69) is 63.8 Å². The average Bonchev–Trinajstić information content (AvgIpc) is 3.09. The van der Waals surface area contributed by atoms with Crippen LogP contribution in [-0.4, -0.2) is 31.0 Å². The Bertz CT molecular complexity index is 699. The normalized spacial score (nSPS) is 15.8. The maximum absolute atomic E-state index is 4.31. The molecule has 4 nitrogen and oxygen atoms in total. The van der Waals surface area contributed by atoms with Gasteiger partial charge in [-0.05, 0) is 56.1 Å². The van der Waals surface area contributed by atoms with Gasteiger partial charge in [-0.15, -0.1) is 11.3 Å². The zero-order chi connectivity index (χ0) is 18.2. The van der Waals surface area contributed by atoms with Crippen LogP contribution in [0, 0.1) is 6.92 Å². The van der Waals surface area contributed by atoms with Crippen molar-refractivity contribution in [3.63, 3.8) is 0 Å². The van der Waals surface area contributed by atoms with E-state index in [0.717, 1.165) is 25.6 Å². The lowest BCUT2D eigenvalue weighted by molar-refractivity contribution is 0.221. The Hall–Kier alpha value is -1.85. The fourth-order valence-electron chi connectivity index (χ4n) is 3.30. The van der Waals surface area contributed by atoms with Crippen LogP contribution < -0.4 is 10.6 Å². The first-order valence-electron chi connectivity index (χ1n) is 9.53. The molecule has 1 aromatic heterocycles. The molecule has 0 atom stereocenters. The number of benzene rings is 1. The molecule has 1 aliphatic rings. The van der Waals surface area contributed by atoms with Gasteiger partial charge in [0.05, 0.1) is 6.54 Å². The van der Waals surface area contributed by atoms with E-state index in [4.69, 9.17) is 0 Å². The van der Waals surface area contributed by atoms with Gasteiger partial charge in [-0.3, -0.25) is 9.89 Å². The average molecular weight is 371 g/mol. The molecule has 0 amide bonds. The van der Waals surface area contributed by atoms with Gasteiger partial charge in [0.25, 0.3) is 0 Å². The third-order valence-electron chi connectivity index (χ3n) is 4.79. The van der Waals surface area contributed by atoms with E-state index in [1.54, 1.807) is 0 Å². The number of aliphatic imine (C=N–C) groups is 1. The number of nitrogens with one attached hydrogen (secondary N) is 2. The number of nitrogens with zero attached hydrogens (tertiary/aromatic N) is 2. The van der Waals surface area contributed by atoms with Crippen LogP contribution in [0.4, 0.5) is 0 Å². The molecule has 0 aliphatic carbocycles. The fourth-order valence-corrected chi connectivity index (χ4v) is 4.13. The van der Waals surface area contributed by atoms with Gasteiger partial charge < -0.3 is 10.6 Å². The van der Waals surface area contributed by atoms with Crippen LogP contribution in [0.1, 0.15) is 40.1 Å². The molecule has 0 bridgehead atoms.